The molecule has 0 bridgehead atoms. The maximum atomic E-state index is 14.9. The molecule has 8 heteroatoms. The number of nitrogens with zero attached hydrogens (tertiary/aromatic N) is 1. The zero-order valence-electron chi connectivity index (χ0n) is 30.4. The van der Waals surface area contributed by atoms with E-state index in [0.717, 1.165) is 36.2 Å². The Balaban J connectivity index is 1.47. The second kappa shape index (κ2) is 14.7. The highest BCUT2D eigenvalue weighted by Crippen LogP contribution is 2.69. The van der Waals surface area contributed by atoms with Crippen LogP contribution >= 0.6 is 7.60 Å². The fraction of sp³-hybridized carbons (Fsp3) is 0.795. The lowest BCUT2D eigenvalue weighted by atomic mass is 9.42. The Labute approximate surface area is 285 Å². The van der Waals surface area contributed by atoms with Crippen LogP contribution < -0.4 is 5.32 Å². The molecule has 4 fully saturated rings. The van der Waals surface area contributed by atoms with Crippen molar-refractivity contribution < 1.29 is 23.2 Å². The summed E-state index contributed by atoms with van der Waals surface area (Å²) < 4.78 is 24.6. The van der Waals surface area contributed by atoms with E-state index in [1.807, 2.05) is 35.2 Å². The second-order valence-corrected chi connectivity index (χ2v) is 18.4. The van der Waals surface area contributed by atoms with Crippen LogP contribution in [0.5, 0.6) is 0 Å². The first-order valence-electron chi connectivity index (χ1n) is 18.9. The van der Waals surface area contributed by atoms with E-state index in [1.165, 1.54) is 38.5 Å². The molecule has 0 aromatic heterocycles. The van der Waals surface area contributed by atoms with Gasteiger partial charge in [0.05, 0.1) is 13.2 Å². The van der Waals surface area contributed by atoms with Crippen molar-refractivity contribution in [3.05, 3.63) is 35.9 Å². The van der Waals surface area contributed by atoms with Crippen LogP contribution in [0.25, 0.3) is 0 Å². The van der Waals surface area contributed by atoms with Crippen LogP contribution in [0.1, 0.15) is 125 Å². The molecule has 1 saturated heterocycles. The minimum Gasteiger partial charge on any atom is -0.342 e. The van der Waals surface area contributed by atoms with Gasteiger partial charge in [-0.3, -0.25) is 14.2 Å². The molecule has 264 valence electrons. The Hall–Kier alpha value is -1.69. The second-order valence-electron chi connectivity index (χ2n) is 16.3. The summed E-state index contributed by atoms with van der Waals surface area (Å²) in [5.41, 5.74) is -0.0626. The third-order valence-electron chi connectivity index (χ3n) is 13.5. The number of piperidine rings is 1. The predicted octanol–water partition coefficient (Wildman–Crippen LogP) is 9.21. The molecule has 4 aliphatic rings. The van der Waals surface area contributed by atoms with E-state index in [-0.39, 0.29) is 31.3 Å². The molecule has 3 aliphatic carbocycles. The van der Waals surface area contributed by atoms with Gasteiger partial charge in [0.1, 0.15) is 11.8 Å². The number of carbonyl (C=O) groups excluding carboxylic acids is 2. The van der Waals surface area contributed by atoms with Gasteiger partial charge in [-0.25, -0.2) is 0 Å². The van der Waals surface area contributed by atoms with Gasteiger partial charge >= 0.3 is 7.60 Å². The molecule has 8 atom stereocenters. The maximum Gasteiger partial charge on any atom is 0.349 e. The molecule has 0 radical (unpaired) electrons. The van der Waals surface area contributed by atoms with Crippen LogP contribution in [0.3, 0.4) is 0 Å². The van der Waals surface area contributed by atoms with Crippen molar-refractivity contribution >= 4 is 19.4 Å². The van der Waals surface area contributed by atoms with Crippen LogP contribution in [-0.2, 0) is 29.7 Å². The molecule has 1 N–H and O–H groups in total. The fourth-order valence-electron chi connectivity index (χ4n) is 11.3. The number of hydrogen-bond acceptors (Lipinski definition) is 5. The van der Waals surface area contributed by atoms with Gasteiger partial charge in [-0.05, 0) is 105 Å². The lowest BCUT2D eigenvalue weighted by molar-refractivity contribution is -0.197. The van der Waals surface area contributed by atoms with Gasteiger partial charge in [-0.1, -0.05) is 84.2 Å². The summed E-state index contributed by atoms with van der Waals surface area (Å²) in [5, 5.41) is 3.07. The van der Waals surface area contributed by atoms with Gasteiger partial charge in [-0.15, -0.1) is 0 Å². The zero-order chi connectivity index (χ0) is 34.0. The fourth-order valence-corrected chi connectivity index (χ4v) is 12.7. The summed E-state index contributed by atoms with van der Waals surface area (Å²) in [6.07, 6.45) is 11.4. The Bertz CT molecular complexity index is 1280. The Morgan fingerprint density at radius 1 is 0.957 bits per heavy atom. The molecule has 0 unspecified atom stereocenters. The molecule has 5 rings (SSSR count). The normalized spacial score (nSPS) is 34.5. The van der Waals surface area contributed by atoms with Crippen molar-refractivity contribution in [1.29, 1.82) is 0 Å². The van der Waals surface area contributed by atoms with E-state index in [9.17, 15) is 14.2 Å². The predicted molar refractivity (Wildman–Crippen MR) is 189 cm³/mol. The summed E-state index contributed by atoms with van der Waals surface area (Å²) >= 11 is 0. The van der Waals surface area contributed by atoms with Crippen LogP contribution in [-0.4, -0.2) is 41.8 Å². The Kier molecular flexibility index (Phi) is 11.4. The molecule has 1 aromatic carbocycles. The third kappa shape index (κ3) is 6.76. The molecule has 47 heavy (non-hydrogen) atoms. The van der Waals surface area contributed by atoms with Gasteiger partial charge < -0.3 is 19.3 Å². The lowest BCUT2D eigenvalue weighted by Crippen LogP contribution is -2.75. The topological polar surface area (TPSA) is 84.9 Å². The SMILES string of the molecule is CCOP(=O)(CNC(=O)[C@@]12CC[C@H]3[C@@H]4CC[C@H]([C@H](C)CCCC(C)C)[C@@]4(C)CC[C@@H]3[C@@]1(C)CCC(=O)N2Cc1ccccc1)OCC. The number of benzene rings is 1. The number of rotatable bonds is 14. The zero-order valence-corrected chi connectivity index (χ0v) is 31.3. The minimum atomic E-state index is -3.52. The van der Waals surface area contributed by atoms with Crippen LogP contribution in [0, 0.1) is 46.3 Å². The van der Waals surface area contributed by atoms with Crippen molar-refractivity contribution in [3.8, 4) is 0 Å². The quantitative estimate of drug-likeness (QED) is 0.200. The van der Waals surface area contributed by atoms with Gasteiger partial charge in [0.25, 0.3) is 0 Å². The monoisotopic (exact) mass is 670 g/mol. The minimum absolute atomic E-state index is 0.0366. The Morgan fingerprint density at radius 2 is 1.66 bits per heavy atom. The number of nitrogens with one attached hydrogen (secondary N) is 1. The molecule has 7 nitrogen and oxygen atoms in total. The van der Waals surface area contributed by atoms with Crippen LogP contribution in [0.2, 0.25) is 0 Å². The maximum absolute atomic E-state index is 14.9. The first-order valence-corrected chi connectivity index (χ1v) is 20.6. The highest BCUT2D eigenvalue weighted by atomic mass is 31.2. The summed E-state index contributed by atoms with van der Waals surface area (Å²) in [5.74, 6) is 3.67. The molecule has 0 spiro atoms. The van der Waals surface area contributed by atoms with E-state index in [1.54, 1.807) is 13.8 Å². The smallest absolute Gasteiger partial charge is 0.342 e. The largest absolute Gasteiger partial charge is 0.349 e. The first-order chi connectivity index (χ1) is 22.3. The van der Waals surface area contributed by atoms with Gasteiger partial charge in [0, 0.05) is 18.4 Å². The van der Waals surface area contributed by atoms with Crippen LogP contribution in [0.4, 0.5) is 0 Å². The van der Waals surface area contributed by atoms with Crippen molar-refractivity contribution in [3.63, 3.8) is 0 Å². The molecule has 3 saturated carbocycles. The van der Waals surface area contributed by atoms with E-state index < -0.39 is 18.5 Å². The number of fused-ring (bicyclic) bond motifs is 5. The van der Waals surface area contributed by atoms with Crippen molar-refractivity contribution in [2.75, 3.05) is 19.5 Å². The average molecular weight is 671 g/mol. The van der Waals surface area contributed by atoms with Gasteiger partial charge in [-0.2, -0.15) is 0 Å². The van der Waals surface area contributed by atoms with E-state index in [0.29, 0.717) is 49.0 Å². The highest BCUT2D eigenvalue weighted by molar-refractivity contribution is 7.53. The standard InChI is InChI=1S/C39H63N2O5P/c1-8-45-47(44,46-9-2)27-40-36(43)39-25-20-31-33-19-18-32(29(5)15-13-14-28(3)4)37(33,6)23-21-34(31)38(39,7)24-22-35(42)41(39)26-30-16-11-10-12-17-30/h10-12,16-17,28-29,31-34H,8-9,13-15,18-27H2,1-7H3,(H,40,43)/t29-,31+,32-,33+,34+,37-,38-,39+/m1/s1. The molecular weight excluding hydrogens is 607 g/mol. The lowest BCUT2D eigenvalue weighted by Gasteiger charge is -2.67. The van der Waals surface area contributed by atoms with Crippen LogP contribution in [0.15, 0.2) is 30.3 Å². The van der Waals surface area contributed by atoms with Gasteiger partial charge in [0.15, 0.2) is 0 Å². The van der Waals surface area contributed by atoms with E-state index in [2.05, 4.69) is 39.9 Å². The Morgan fingerprint density at radius 3 is 2.32 bits per heavy atom. The van der Waals surface area contributed by atoms with Crippen molar-refractivity contribution in [1.82, 2.24) is 10.2 Å². The molecule has 1 heterocycles. The number of amides is 2. The third-order valence-corrected chi connectivity index (χ3v) is 15.4. The number of likely N-dealkylation sites (tertiary alicyclic amines) is 1. The van der Waals surface area contributed by atoms with Gasteiger partial charge in [0.2, 0.25) is 11.8 Å². The van der Waals surface area contributed by atoms with Crippen molar-refractivity contribution in [2.24, 2.45) is 46.3 Å². The number of hydrogen-bond donors (Lipinski definition) is 1. The highest BCUT2D eigenvalue weighted by Gasteiger charge is 2.69. The van der Waals surface area contributed by atoms with E-state index in [4.69, 9.17) is 9.05 Å². The molecule has 1 aliphatic heterocycles. The first kappa shape index (κ1) is 36.6. The molecule has 1 aromatic rings. The average Bonchev–Trinajstić information content (AvgIpc) is 3.39. The van der Waals surface area contributed by atoms with Crippen molar-refractivity contribution in [2.45, 2.75) is 131 Å². The summed E-state index contributed by atoms with van der Waals surface area (Å²) in [6, 6.07) is 10.1. The molecule has 2 amide bonds. The number of carbonyl (C=O) groups is 2. The summed E-state index contributed by atoms with van der Waals surface area (Å²) in [7, 11) is -3.52. The summed E-state index contributed by atoms with van der Waals surface area (Å²) in [4.78, 5) is 30.8. The molecular formula is C39H63N2O5P. The summed E-state index contributed by atoms with van der Waals surface area (Å²) in [6.45, 7) is 16.5. The van der Waals surface area contributed by atoms with E-state index >= 15 is 0 Å².